The number of nitrogens with zero attached hydrogens (tertiary/aromatic N) is 1. The van der Waals surface area contributed by atoms with Crippen molar-refractivity contribution < 1.29 is 4.79 Å². The maximum atomic E-state index is 12.4. The van der Waals surface area contributed by atoms with Gasteiger partial charge in [0.15, 0.2) is 0 Å². The van der Waals surface area contributed by atoms with Gasteiger partial charge in [0.05, 0.1) is 0 Å². The van der Waals surface area contributed by atoms with Crippen molar-refractivity contribution in [3.8, 4) is 0 Å². The second kappa shape index (κ2) is 6.41. The van der Waals surface area contributed by atoms with Crippen LogP contribution >= 0.6 is 11.6 Å². The largest absolute Gasteiger partial charge is 0.384 e. The average Bonchev–Trinajstić information content (AvgIpc) is 2.95. The van der Waals surface area contributed by atoms with Crippen molar-refractivity contribution in [1.82, 2.24) is 0 Å². The van der Waals surface area contributed by atoms with Gasteiger partial charge in [-0.3, -0.25) is 4.79 Å². The Bertz CT molecular complexity index is 699. The van der Waals surface area contributed by atoms with Gasteiger partial charge in [-0.2, -0.15) is 0 Å². The van der Waals surface area contributed by atoms with Crippen LogP contribution < -0.4 is 10.2 Å². The highest BCUT2D eigenvalue weighted by atomic mass is 35.5. The van der Waals surface area contributed by atoms with Crippen LogP contribution in [0.1, 0.15) is 17.5 Å². The van der Waals surface area contributed by atoms with Crippen LogP contribution in [-0.2, 0) is 11.2 Å². The number of carbonyl (C=O) groups excluding carboxylic acids is 1. The number of nitrogens with one attached hydrogen (secondary N) is 1. The lowest BCUT2D eigenvalue weighted by atomic mass is 10.2. The van der Waals surface area contributed by atoms with E-state index in [1.54, 1.807) is 0 Å². The second-order valence-electron chi connectivity index (χ2n) is 5.51. The predicted octanol–water partition coefficient (Wildman–Crippen LogP) is 4.04. The number of benzene rings is 2. The van der Waals surface area contributed by atoms with Crippen LogP contribution in [-0.4, -0.2) is 19.0 Å². The smallest absolute Gasteiger partial charge is 0.228 e. The Kier molecular flexibility index (Phi) is 4.34. The fourth-order valence-corrected chi connectivity index (χ4v) is 3.01. The third kappa shape index (κ3) is 2.95. The fraction of sp³-hybridized carbons (Fsp3) is 0.278. The summed E-state index contributed by atoms with van der Waals surface area (Å²) in [5, 5.41) is 4.04. The molecule has 3 nitrogen and oxygen atoms in total. The summed E-state index contributed by atoms with van der Waals surface area (Å²) in [4.78, 5) is 14.3. The molecule has 0 aromatic heterocycles. The predicted molar refractivity (Wildman–Crippen MR) is 91.8 cm³/mol. The minimum Gasteiger partial charge on any atom is -0.384 e. The molecule has 1 N–H and O–H groups in total. The lowest BCUT2D eigenvalue weighted by Gasteiger charge is -2.18. The maximum Gasteiger partial charge on any atom is 0.228 e. The molecule has 0 radical (unpaired) electrons. The first kappa shape index (κ1) is 14.9. The lowest BCUT2D eigenvalue weighted by Crippen LogP contribution is -2.30. The molecule has 2 aromatic rings. The summed E-state index contributed by atoms with van der Waals surface area (Å²) >= 11 is 6.10. The highest BCUT2D eigenvalue weighted by molar-refractivity contribution is 6.31. The van der Waals surface area contributed by atoms with Gasteiger partial charge in [0.25, 0.3) is 0 Å². The van der Waals surface area contributed by atoms with E-state index in [9.17, 15) is 4.79 Å². The van der Waals surface area contributed by atoms with Crippen molar-refractivity contribution in [1.29, 1.82) is 0 Å². The molecule has 1 heterocycles. The first-order valence-electron chi connectivity index (χ1n) is 7.54. The molecule has 22 heavy (non-hydrogen) atoms. The Balaban J connectivity index is 1.59. The summed E-state index contributed by atoms with van der Waals surface area (Å²) in [6.45, 7) is 3.37. The van der Waals surface area contributed by atoms with E-state index in [4.69, 9.17) is 11.6 Å². The minimum atomic E-state index is 0.164. The number of rotatable bonds is 4. The molecule has 0 saturated heterocycles. The van der Waals surface area contributed by atoms with Gasteiger partial charge in [-0.1, -0.05) is 35.9 Å². The van der Waals surface area contributed by atoms with Gasteiger partial charge in [-0.15, -0.1) is 0 Å². The van der Waals surface area contributed by atoms with E-state index in [1.165, 1.54) is 5.56 Å². The van der Waals surface area contributed by atoms with Gasteiger partial charge >= 0.3 is 0 Å². The van der Waals surface area contributed by atoms with Gasteiger partial charge in [-0.05, 0) is 42.7 Å². The second-order valence-corrected chi connectivity index (χ2v) is 5.92. The number of amides is 1. The van der Waals surface area contributed by atoms with Crippen LogP contribution in [0.3, 0.4) is 0 Å². The standard InChI is InChI=1S/C18H19ClN2O/c1-13-15(19)6-4-7-16(13)20-11-9-18(22)21-12-10-14-5-2-3-8-17(14)21/h2-8,20H,9-12H2,1H3. The van der Waals surface area contributed by atoms with E-state index in [0.717, 1.165) is 34.9 Å². The summed E-state index contributed by atoms with van der Waals surface area (Å²) in [7, 11) is 0. The SMILES string of the molecule is Cc1c(Cl)cccc1NCCC(=O)N1CCc2ccccc21. The molecular formula is C18H19ClN2O. The molecule has 0 spiro atoms. The summed E-state index contributed by atoms with van der Waals surface area (Å²) in [5.74, 6) is 0.164. The number of hydrogen-bond acceptors (Lipinski definition) is 2. The summed E-state index contributed by atoms with van der Waals surface area (Å²) < 4.78 is 0. The summed E-state index contributed by atoms with van der Waals surface area (Å²) in [6, 6.07) is 13.9. The molecule has 0 fully saturated rings. The number of halogens is 1. The zero-order chi connectivity index (χ0) is 15.5. The molecule has 1 aliphatic heterocycles. The van der Waals surface area contributed by atoms with E-state index in [-0.39, 0.29) is 5.91 Å². The first-order valence-corrected chi connectivity index (χ1v) is 7.92. The van der Waals surface area contributed by atoms with Crippen molar-refractivity contribution >= 4 is 28.9 Å². The van der Waals surface area contributed by atoms with Crippen LogP contribution in [0.2, 0.25) is 5.02 Å². The highest BCUT2D eigenvalue weighted by Gasteiger charge is 2.23. The maximum absolute atomic E-state index is 12.4. The van der Waals surface area contributed by atoms with Crippen LogP contribution in [0.15, 0.2) is 42.5 Å². The van der Waals surface area contributed by atoms with Gasteiger partial charge < -0.3 is 10.2 Å². The minimum absolute atomic E-state index is 0.164. The van der Waals surface area contributed by atoms with Crippen LogP contribution in [0.5, 0.6) is 0 Å². The number of hydrogen-bond donors (Lipinski definition) is 1. The molecule has 4 heteroatoms. The van der Waals surface area contributed by atoms with Crippen molar-refractivity contribution in [2.75, 3.05) is 23.3 Å². The van der Waals surface area contributed by atoms with Crippen molar-refractivity contribution in [2.45, 2.75) is 19.8 Å². The normalized spacial score (nSPS) is 13.1. The van der Waals surface area contributed by atoms with Crippen molar-refractivity contribution in [3.05, 3.63) is 58.6 Å². The molecule has 0 aliphatic carbocycles. The topological polar surface area (TPSA) is 32.3 Å². The van der Waals surface area contributed by atoms with Gasteiger partial charge in [0, 0.05) is 35.9 Å². The number of anilines is 2. The monoisotopic (exact) mass is 314 g/mol. The van der Waals surface area contributed by atoms with Gasteiger partial charge in [-0.25, -0.2) is 0 Å². The molecule has 3 rings (SSSR count). The summed E-state index contributed by atoms with van der Waals surface area (Å²) in [6.07, 6.45) is 1.42. The van der Waals surface area contributed by atoms with E-state index in [0.29, 0.717) is 13.0 Å². The number of fused-ring (bicyclic) bond motifs is 1. The molecule has 1 aliphatic rings. The summed E-state index contributed by atoms with van der Waals surface area (Å²) in [5.41, 5.74) is 4.33. The van der Waals surface area contributed by atoms with Gasteiger partial charge in [0.2, 0.25) is 5.91 Å². The number of carbonyl (C=O) groups is 1. The third-order valence-corrected chi connectivity index (χ3v) is 4.52. The van der Waals surface area contributed by atoms with Gasteiger partial charge in [0.1, 0.15) is 0 Å². The fourth-order valence-electron chi connectivity index (χ4n) is 2.84. The Morgan fingerprint density at radius 2 is 2.05 bits per heavy atom. The Morgan fingerprint density at radius 1 is 1.23 bits per heavy atom. The molecule has 114 valence electrons. The lowest BCUT2D eigenvalue weighted by molar-refractivity contribution is -0.118. The third-order valence-electron chi connectivity index (χ3n) is 4.11. The zero-order valence-electron chi connectivity index (χ0n) is 12.6. The van der Waals surface area contributed by atoms with E-state index >= 15 is 0 Å². The molecule has 0 bridgehead atoms. The van der Waals surface area contributed by atoms with Crippen molar-refractivity contribution in [2.24, 2.45) is 0 Å². The molecule has 0 unspecified atom stereocenters. The molecule has 2 aromatic carbocycles. The molecular weight excluding hydrogens is 296 g/mol. The van der Waals surface area contributed by atoms with E-state index in [2.05, 4.69) is 11.4 Å². The Morgan fingerprint density at radius 3 is 2.91 bits per heavy atom. The van der Waals surface area contributed by atoms with Crippen LogP contribution in [0.4, 0.5) is 11.4 Å². The van der Waals surface area contributed by atoms with Crippen LogP contribution in [0, 0.1) is 6.92 Å². The van der Waals surface area contributed by atoms with Crippen LogP contribution in [0.25, 0.3) is 0 Å². The first-order chi connectivity index (χ1) is 10.7. The Labute approximate surface area is 135 Å². The average molecular weight is 315 g/mol. The van der Waals surface area contributed by atoms with E-state index < -0.39 is 0 Å². The van der Waals surface area contributed by atoms with E-state index in [1.807, 2.05) is 48.2 Å². The Hall–Kier alpha value is -2.00. The highest BCUT2D eigenvalue weighted by Crippen LogP contribution is 2.28. The quantitative estimate of drug-likeness (QED) is 0.923. The number of para-hydroxylation sites is 1. The zero-order valence-corrected chi connectivity index (χ0v) is 13.4. The molecule has 0 atom stereocenters. The molecule has 1 amide bonds. The van der Waals surface area contributed by atoms with Crippen molar-refractivity contribution in [3.63, 3.8) is 0 Å². The molecule has 0 saturated carbocycles.